The van der Waals surface area contributed by atoms with Crippen molar-refractivity contribution in [3.05, 3.63) is 41.0 Å². The van der Waals surface area contributed by atoms with Gasteiger partial charge in [0.05, 0.1) is 5.56 Å². The van der Waals surface area contributed by atoms with Gasteiger partial charge in [0, 0.05) is 22.8 Å². The maximum Gasteiger partial charge on any atom is 0.153 e. The molecule has 0 bridgehead atoms. The second kappa shape index (κ2) is 5.36. The Morgan fingerprint density at radius 1 is 1.39 bits per heavy atom. The molecule has 4 heteroatoms. The molecule has 0 radical (unpaired) electrons. The highest BCUT2D eigenvalue weighted by atomic mass is 35.5. The van der Waals surface area contributed by atoms with E-state index in [9.17, 15) is 4.79 Å². The third-order valence-corrected chi connectivity index (χ3v) is 3.30. The van der Waals surface area contributed by atoms with Crippen molar-refractivity contribution in [3.8, 4) is 11.3 Å². The largest absolute Gasteiger partial charge is 0.298 e. The monoisotopic (exact) mass is 262 g/mol. The van der Waals surface area contributed by atoms with Crippen LogP contribution in [0.1, 0.15) is 36.7 Å². The molecule has 94 valence electrons. The van der Waals surface area contributed by atoms with E-state index in [0.717, 1.165) is 18.3 Å². The van der Waals surface area contributed by atoms with Crippen LogP contribution in [0.2, 0.25) is 5.02 Å². The Balaban J connectivity index is 2.46. The van der Waals surface area contributed by atoms with Gasteiger partial charge in [-0.15, -0.1) is 0 Å². The van der Waals surface area contributed by atoms with E-state index < -0.39 is 0 Å². The first-order chi connectivity index (χ1) is 8.65. The quantitative estimate of drug-likeness (QED) is 0.781. The molecule has 3 nitrogen and oxygen atoms in total. The SMILES string of the molecule is CCC(C)n1cc(C=O)c(-c2ccc(Cl)cc2)n1. The lowest BCUT2D eigenvalue weighted by atomic mass is 10.1. The molecule has 0 saturated heterocycles. The van der Waals surface area contributed by atoms with Gasteiger partial charge in [-0.1, -0.05) is 30.7 Å². The maximum absolute atomic E-state index is 11.1. The molecule has 1 aromatic carbocycles. The van der Waals surface area contributed by atoms with Gasteiger partial charge >= 0.3 is 0 Å². The van der Waals surface area contributed by atoms with Gasteiger partial charge in [0.15, 0.2) is 6.29 Å². The van der Waals surface area contributed by atoms with E-state index in [4.69, 9.17) is 11.6 Å². The van der Waals surface area contributed by atoms with E-state index in [0.29, 0.717) is 16.3 Å². The number of aromatic nitrogens is 2. The van der Waals surface area contributed by atoms with Gasteiger partial charge in [0.1, 0.15) is 5.69 Å². The first-order valence-electron chi connectivity index (χ1n) is 5.96. The zero-order valence-electron chi connectivity index (χ0n) is 10.4. The molecule has 2 aromatic rings. The van der Waals surface area contributed by atoms with Crippen molar-refractivity contribution < 1.29 is 4.79 Å². The van der Waals surface area contributed by atoms with Crippen LogP contribution in [-0.2, 0) is 0 Å². The predicted octanol–water partition coefficient (Wildman–Crippen LogP) is 3.99. The van der Waals surface area contributed by atoms with Crippen LogP contribution >= 0.6 is 11.6 Å². The zero-order valence-corrected chi connectivity index (χ0v) is 11.2. The van der Waals surface area contributed by atoms with E-state index in [2.05, 4.69) is 18.9 Å². The Bertz CT molecular complexity index is 545. The molecule has 0 aliphatic carbocycles. The summed E-state index contributed by atoms with van der Waals surface area (Å²) in [5.74, 6) is 0. The molecule has 0 aliphatic heterocycles. The molecule has 1 atom stereocenters. The lowest BCUT2D eigenvalue weighted by Gasteiger charge is -2.07. The molecule has 2 rings (SSSR count). The van der Waals surface area contributed by atoms with Crippen LogP contribution in [0.15, 0.2) is 30.5 Å². The highest BCUT2D eigenvalue weighted by Gasteiger charge is 2.13. The van der Waals surface area contributed by atoms with Crippen LogP contribution in [0.4, 0.5) is 0 Å². The van der Waals surface area contributed by atoms with Crippen LogP contribution in [0.3, 0.4) is 0 Å². The van der Waals surface area contributed by atoms with Crippen LogP contribution in [0.25, 0.3) is 11.3 Å². The van der Waals surface area contributed by atoms with Crippen LogP contribution in [0, 0.1) is 0 Å². The fraction of sp³-hybridized carbons (Fsp3) is 0.286. The summed E-state index contributed by atoms with van der Waals surface area (Å²) in [6.45, 7) is 4.17. The van der Waals surface area contributed by atoms with Gasteiger partial charge in [-0.25, -0.2) is 0 Å². The topological polar surface area (TPSA) is 34.9 Å². The van der Waals surface area contributed by atoms with Gasteiger partial charge in [-0.2, -0.15) is 5.10 Å². The summed E-state index contributed by atoms with van der Waals surface area (Å²) < 4.78 is 1.84. The van der Waals surface area contributed by atoms with Crippen molar-refractivity contribution in [1.82, 2.24) is 9.78 Å². The van der Waals surface area contributed by atoms with Gasteiger partial charge in [-0.05, 0) is 25.5 Å². The maximum atomic E-state index is 11.1. The van der Waals surface area contributed by atoms with Gasteiger partial charge < -0.3 is 0 Å². The lowest BCUT2D eigenvalue weighted by Crippen LogP contribution is -2.04. The van der Waals surface area contributed by atoms with Crippen LogP contribution in [-0.4, -0.2) is 16.1 Å². The molecular weight excluding hydrogens is 248 g/mol. The first kappa shape index (κ1) is 12.8. The molecule has 18 heavy (non-hydrogen) atoms. The second-order valence-electron chi connectivity index (χ2n) is 4.30. The van der Waals surface area contributed by atoms with Crippen molar-refractivity contribution in [2.24, 2.45) is 0 Å². The normalized spacial score (nSPS) is 12.4. The van der Waals surface area contributed by atoms with Crippen LogP contribution in [0.5, 0.6) is 0 Å². The average Bonchev–Trinajstić information content (AvgIpc) is 2.83. The van der Waals surface area contributed by atoms with Crippen molar-refractivity contribution >= 4 is 17.9 Å². The number of aldehydes is 1. The zero-order chi connectivity index (χ0) is 13.1. The van der Waals surface area contributed by atoms with Crippen LogP contribution < -0.4 is 0 Å². The minimum atomic E-state index is 0.282. The summed E-state index contributed by atoms with van der Waals surface area (Å²) in [7, 11) is 0. The Labute approximate surface area is 111 Å². The molecule has 1 aromatic heterocycles. The number of nitrogens with zero attached hydrogens (tertiary/aromatic N) is 2. The Hall–Kier alpha value is -1.61. The smallest absolute Gasteiger partial charge is 0.153 e. The summed E-state index contributed by atoms with van der Waals surface area (Å²) in [5, 5.41) is 5.17. The molecule has 0 fully saturated rings. The van der Waals surface area contributed by atoms with Gasteiger partial charge in [-0.3, -0.25) is 9.48 Å². The van der Waals surface area contributed by atoms with E-state index in [-0.39, 0.29) is 6.04 Å². The van der Waals surface area contributed by atoms with Gasteiger partial charge in [0.25, 0.3) is 0 Å². The molecule has 0 saturated carbocycles. The summed E-state index contributed by atoms with van der Waals surface area (Å²) in [6, 6.07) is 7.63. The molecule has 1 unspecified atom stereocenters. The lowest BCUT2D eigenvalue weighted by molar-refractivity contribution is 0.112. The fourth-order valence-electron chi connectivity index (χ4n) is 1.74. The van der Waals surface area contributed by atoms with E-state index in [1.807, 2.05) is 16.8 Å². The number of carbonyl (C=O) groups is 1. The van der Waals surface area contributed by atoms with Gasteiger partial charge in [0.2, 0.25) is 0 Å². The Morgan fingerprint density at radius 2 is 2.06 bits per heavy atom. The van der Waals surface area contributed by atoms with E-state index in [1.54, 1.807) is 18.3 Å². The minimum absolute atomic E-state index is 0.282. The number of hydrogen-bond donors (Lipinski definition) is 0. The number of halogens is 1. The molecule has 0 aliphatic rings. The molecule has 0 spiro atoms. The number of hydrogen-bond acceptors (Lipinski definition) is 2. The van der Waals surface area contributed by atoms with E-state index >= 15 is 0 Å². The number of rotatable bonds is 4. The predicted molar refractivity (Wildman–Crippen MR) is 73.1 cm³/mol. The van der Waals surface area contributed by atoms with E-state index in [1.165, 1.54) is 0 Å². The minimum Gasteiger partial charge on any atom is -0.298 e. The average molecular weight is 263 g/mol. The third-order valence-electron chi connectivity index (χ3n) is 3.05. The molecule has 0 amide bonds. The third kappa shape index (κ3) is 2.46. The highest BCUT2D eigenvalue weighted by Crippen LogP contribution is 2.24. The molecular formula is C14H15ClN2O. The standard InChI is InChI=1S/C14H15ClN2O/c1-3-10(2)17-8-12(9-18)14(16-17)11-4-6-13(15)7-5-11/h4-10H,3H2,1-2H3. The summed E-state index contributed by atoms with van der Waals surface area (Å²) >= 11 is 5.86. The fourth-order valence-corrected chi connectivity index (χ4v) is 1.86. The first-order valence-corrected chi connectivity index (χ1v) is 6.33. The highest BCUT2D eigenvalue weighted by molar-refractivity contribution is 6.30. The number of benzene rings is 1. The molecule has 1 heterocycles. The van der Waals surface area contributed by atoms with Crippen molar-refractivity contribution in [3.63, 3.8) is 0 Å². The van der Waals surface area contributed by atoms with Crippen molar-refractivity contribution in [2.45, 2.75) is 26.3 Å². The Kier molecular flexibility index (Phi) is 3.82. The summed E-state index contributed by atoms with van der Waals surface area (Å²) in [6.07, 6.45) is 3.61. The Morgan fingerprint density at radius 3 is 2.61 bits per heavy atom. The van der Waals surface area contributed by atoms with Crippen molar-refractivity contribution in [2.75, 3.05) is 0 Å². The number of carbonyl (C=O) groups excluding carboxylic acids is 1. The second-order valence-corrected chi connectivity index (χ2v) is 4.73. The summed E-state index contributed by atoms with van der Waals surface area (Å²) in [4.78, 5) is 11.1. The summed E-state index contributed by atoms with van der Waals surface area (Å²) in [5.41, 5.74) is 2.23. The molecule has 0 N–H and O–H groups in total. The van der Waals surface area contributed by atoms with Crippen molar-refractivity contribution in [1.29, 1.82) is 0 Å².